The Morgan fingerprint density at radius 2 is 2.33 bits per heavy atom. The number of carbonyl (C=O) groups is 1. The number of hydrogen-bond acceptors (Lipinski definition) is 3. The van der Waals surface area contributed by atoms with Crippen LogP contribution in [-0.4, -0.2) is 18.6 Å². The van der Waals surface area contributed by atoms with E-state index >= 15 is 0 Å². The Bertz CT molecular complexity index is 336. The molecule has 1 aliphatic rings. The van der Waals surface area contributed by atoms with E-state index in [0.29, 0.717) is 6.42 Å². The summed E-state index contributed by atoms with van der Waals surface area (Å²) in [7, 11) is 1.25. The Morgan fingerprint density at radius 3 is 2.87 bits per heavy atom. The van der Waals surface area contributed by atoms with Gasteiger partial charge in [0.05, 0.1) is 7.11 Å². The second-order valence-electron chi connectivity index (χ2n) is 3.70. The third kappa shape index (κ3) is 2.57. The van der Waals surface area contributed by atoms with E-state index in [4.69, 9.17) is 5.73 Å². The Labute approximate surface area is 102 Å². The van der Waals surface area contributed by atoms with Crippen molar-refractivity contribution in [2.75, 3.05) is 7.11 Å². The summed E-state index contributed by atoms with van der Waals surface area (Å²) in [4.78, 5) is 11.4. The molecular formula is C10H13FINO2. The molecule has 0 aromatic heterocycles. The first-order valence-corrected chi connectivity index (χ1v) is 5.56. The van der Waals surface area contributed by atoms with Gasteiger partial charge in [-0.15, -0.1) is 0 Å². The zero-order chi connectivity index (χ0) is 11.6. The first-order chi connectivity index (χ1) is 6.89. The lowest BCUT2D eigenvalue weighted by Crippen LogP contribution is -2.52. The van der Waals surface area contributed by atoms with E-state index in [2.05, 4.69) is 27.3 Å². The molecule has 15 heavy (non-hydrogen) atoms. The number of halogens is 2. The van der Waals surface area contributed by atoms with Crippen LogP contribution < -0.4 is 5.73 Å². The normalized spacial score (nSPS) is 25.0. The van der Waals surface area contributed by atoms with E-state index in [1.807, 2.05) is 0 Å². The van der Waals surface area contributed by atoms with Gasteiger partial charge in [-0.25, -0.2) is 4.39 Å². The van der Waals surface area contributed by atoms with E-state index in [9.17, 15) is 9.18 Å². The fourth-order valence-corrected chi connectivity index (χ4v) is 2.13. The number of rotatable bonds is 2. The number of carbonyl (C=O) groups excluding carboxylic acids is 1. The Kier molecular flexibility index (Phi) is 3.88. The number of nitrogens with two attached hydrogens (primary N) is 1. The van der Waals surface area contributed by atoms with Gasteiger partial charge in [0.1, 0.15) is 11.4 Å². The van der Waals surface area contributed by atoms with Crippen LogP contribution in [0.3, 0.4) is 0 Å². The molecule has 0 aromatic carbocycles. The third-order valence-electron chi connectivity index (χ3n) is 2.50. The van der Waals surface area contributed by atoms with Gasteiger partial charge in [-0.05, 0) is 45.6 Å². The van der Waals surface area contributed by atoms with E-state index < -0.39 is 17.4 Å². The van der Waals surface area contributed by atoms with E-state index in [-0.39, 0.29) is 5.83 Å². The molecule has 5 heteroatoms. The maximum atomic E-state index is 13.5. The Hall–Kier alpha value is -0.430. The quantitative estimate of drug-likeness (QED) is 0.625. The van der Waals surface area contributed by atoms with Crippen LogP contribution in [0.25, 0.3) is 0 Å². The smallest absolute Gasteiger partial charge is 0.326 e. The number of hydrogen-bond donors (Lipinski definition) is 1. The molecule has 3 nitrogen and oxygen atoms in total. The molecule has 2 atom stereocenters. The highest BCUT2D eigenvalue weighted by atomic mass is 127. The van der Waals surface area contributed by atoms with Crippen LogP contribution in [0.1, 0.15) is 13.3 Å². The molecular weight excluding hydrogens is 312 g/mol. The zero-order valence-corrected chi connectivity index (χ0v) is 10.7. The first kappa shape index (κ1) is 12.6. The molecule has 0 heterocycles. The van der Waals surface area contributed by atoms with Crippen molar-refractivity contribution < 1.29 is 13.9 Å². The minimum Gasteiger partial charge on any atom is -0.468 e. The van der Waals surface area contributed by atoms with Gasteiger partial charge in [-0.3, -0.25) is 4.79 Å². The Morgan fingerprint density at radius 1 is 1.73 bits per heavy atom. The fourth-order valence-electron chi connectivity index (χ4n) is 1.51. The van der Waals surface area contributed by atoms with Gasteiger partial charge in [-0.1, -0.05) is 6.08 Å². The van der Waals surface area contributed by atoms with Crippen LogP contribution in [-0.2, 0) is 9.53 Å². The van der Waals surface area contributed by atoms with Crippen molar-refractivity contribution >= 4 is 28.6 Å². The molecule has 1 rings (SSSR count). The van der Waals surface area contributed by atoms with Gasteiger partial charge in [0.25, 0.3) is 0 Å². The Balaban J connectivity index is 2.94. The summed E-state index contributed by atoms with van der Waals surface area (Å²) < 4.78 is 19.1. The van der Waals surface area contributed by atoms with Crippen molar-refractivity contribution in [3.8, 4) is 0 Å². The minimum atomic E-state index is -1.32. The summed E-state index contributed by atoms with van der Waals surface area (Å²) >= 11 is 2.10. The summed E-state index contributed by atoms with van der Waals surface area (Å²) in [5.41, 5.74) is 4.49. The largest absolute Gasteiger partial charge is 0.468 e. The SMILES string of the molecule is COC(=O)C(C)(N)C1CC(I)=CC=C1F. The number of allylic oxidation sites excluding steroid dienone is 3. The highest BCUT2D eigenvalue weighted by Gasteiger charge is 2.42. The highest BCUT2D eigenvalue weighted by molar-refractivity contribution is 14.1. The standard InChI is InChI=1S/C10H13FINO2/c1-10(13,9(14)15-2)7-5-6(12)3-4-8(7)11/h3-4,7H,5,13H2,1-2H3. The molecule has 2 unspecified atom stereocenters. The van der Waals surface area contributed by atoms with Crippen molar-refractivity contribution in [1.82, 2.24) is 0 Å². The molecule has 2 N–H and O–H groups in total. The number of esters is 1. The van der Waals surface area contributed by atoms with E-state index in [1.54, 1.807) is 6.08 Å². The van der Waals surface area contributed by atoms with Crippen LogP contribution in [0, 0.1) is 5.92 Å². The second-order valence-corrected chi connectivity index (χ2v) is 5.08. The van der Waals surface area contributed by atoms with Crippen LogP contribution in [0.4, 0.5) is 4.39 Å². The monoisotopic (exact) mass is 325 g/mol. The molecule has 0 amide bonds. The molecule has 0 fully saturated rings. The molecule has 0 bridgehead atoms. The molecule has 1 aliphatic carbocycles. The second kappa shape index (κ2) is 4.61. The molecule has 0 spiro atoms. The average Bonchev–Trinajstić information content (AvgIpc) is 2.20. The van der Waals surface area contributed by atoms with E-state index in [1.165, 1.54) is 20.1 Å². The third-order valence-corrected chi connectivity index (χ3v) is 3.30. The first-order valence-electron chi connectivity index (χ1n) is 4.48. The lowest BCUT2D eigenvalue weighted by Gasteiger charge is -2.31. The van der Waals surface area contributed by atoms with Crippen LogP contribution >= 0.6 is 22.6 Å². The van der Waals surface area contributed by atoms with Crippen molar-refractivity contribution in [3.63, 3.8) is 0 Å². The molecule has 0 aliphatic heterocycles. The summed E-state index contributed by atoms with van der Waals surface area (Å²) in [5, 5.41) is 0. The zero-order valence-electron chi connectivity index (χ0n) is 8.59. The minimum absolute atomic E-state index is 0.370. The number of methoxy groups -OCH3 is 1. The summed E-state index contributed by atoms with van der Waals surface area (Å²) in [5.74, 6) is -1.60. The van der Waals surface area contributed by atoms with E-state index in [0.717, 1.165) is 3.58 Å². The summed E-state index contributed by atoms with van der Waals surface area (Å²) in [6.07, 6.45) is 3.47. The summed E-state index contributed by atoms with van der Waals surface area (Å²) in [6, 6.07) is 0. The highest BCUT2D eigenvalue weighted by Crippen LogP contribution is 2.36. The topological polar surface area (TPSA) is 52.3 Å². The van der Waals surface area contributed by atoms with Gasteiger partial charge in [0.15, 0.2) is 0 Å². The molecule has 0 saturated carbocycles. The van der Waals surface area contributed by atoms with Crippen LogP contribution in [0.15, 0.2) is 21.6 Å². The summed E-state index contributed by atoms with van der Waals surface area (Å²) in [6.45, 7) is 1.49. The number of ether oxygens (including phenoxy) is 1. The van der Waals surface area contributed by atoms with Gasteiger partial charge in [0, 0.05) is 5.92 Å². The maximum Gasteiger partial charge on any atom is 0.326 e. The lowest BCUT2D eigenvalue weighted by atomic mass is 9.81. The molecule has 0 saturated heterocycles. The van der Waals surface area contributed by atoms with Gasteiger partial charge in [-0.2, -0.15) is 0 Å². The van der Waals surface area contributed by atoms with Crippen molar-refractivity contribution in [2.45, 2.75) is 18.9 Å². The predicted octanol–water partition coefficient (Wildman–Crippen LogP) is 2.07. The van der Waals surface area contributed by atoms with Gasteiger partial charge >= 0.3 is 5.97 Å². The predicted molar refractivity (Wildman–Crippen MR) is 64.0 cm³/mol. The molecule has 84 valence electrons. The van der Waals surface area contributed by atoms with Crippen LogP contribution in [0.5, 0.6) is 0 Å². The van der Waals surface area contributed by atoms with Crippen molar-refractivity contribution in [1.29, 1.82) is 0 Å². The van der Waals surface area contributed by atoms with Gasteiger partial charge < -0.3 is 10.5 Å². The average molecular weight is 325 g/mol. The fraction of sp³-hybridized carbons (Fsp3) is 0.500. The molecule has 0 aromatic rings. The van der Waals surface area contributed by atoms with Crippen molar-refractivity contribution in [3.05, 3.63) is 21.6 Å². The maximum absolute atomic E-state index is 13.5. The van der Waals surface area contributed by atoms with Crippen LogP contribution in [0.2, 0.25) is 0 Å². The van der Waals surface area contributed by atoms with Crippen molar-refractivity contribution in [2.24, 2.45) is 11.7 Å². The van der Waals surface area contributed by atoms with Gasteiger partial charge in [0.2, 0.25) is 0 Å². The lowest BCUT2D eigenvalue weighted by molar-refractivity contribution is -0.148. The molecule has 0 radical (unpaired) electrons.